The summed E-state index contributed by atoms with van der Waals surface area (Å²) in [7, 11) is 1.41. The number of rotatable bonds is 1. The van der Waals surface area contributed by atoms with Gasteiger partial charge in [-0.25, -0.2) is 0 Å². The summed E-state index contributed by atoms with van der Waals surface area (Å²) < 4.78 is 4.64. The average Bonchev–Trinajstić information content (AvgIpc) is 2.08. The largest absolute Gasteiger partial charge is 0.469 e. The van der Waals surface area contributed by atoms with E-state index < -0.39 is 0 Å². The molecular weight excluding hydrogens is 227 g/mol. The number of halogens is 2. The molecule has 0 heterocycles. The third kappa shape index (κ3) is 4.00. The number of carbonyl (C=O) groups is 1. The number of hydrogen-bond acceptors (Lipinski definition) is 4. The molecule has 1 fully saturated rings. The van der Waals surface area contributed by atoms with Crippen LogP contribution in [0.5, 0.6) is 0 Å². The third-order valence-corrected chi connectivity index (χ3v) is 2.49. The highest BCUT2D eigenvalue weighted by Gasteiger charge is 2.30. The van der Waals surface area contributed by atoms with E-state index in [1.807, 2.05) is 0 Å². The van der Waals surface area contributed by atoms with E-state index in [-0.39, 0.29) is 48.8 Å². The molecule has 0 aromatic heterocycles. The van der Waals surface area contributed by atoms with Crippen molar-refractivity contribution in [3.05, 3.63) is 0 Å². The maximum Gasteiger partial charge on any atom is 0.308 e. The normalized spacial score (nSPS) is 30.9. The number of methoxy groups -OCH3 is 1. The van der Waals surface area contributed by atoms with Gasteiger partial charge < -0.3 is 16.2 Å². The van der Waals surface area contributed by atoms with E-state index in [2.05, 4.69) is 4.74 Å². The van der Waals surface area contributed by atoms with Crippen LogP contribution in [-0.4, -0.2) is 25.2 Å². The molecule has 0 bridgehead atoms. The number of ether oxygens (including phenoxy) is 1. The van der Waals surface area contributed by atoms with Crippen molar-refractivity contribution in [3.8, 4) is 0 Å². The standard InChI is InChI=1S/C8H16N2O2.2ClH/c1-12-8(11)5-2-3-6(9)7(10)4-5;;/h5-7H,2-4,9-10H2,1H3;2*1H/t5-,6-,7+;;/m0../s1. The van der Waals surface area contributed by atoms with Gasteiger partial charge in [0.2, 0.25) is 0 Å². The molecule has 0 saturated heterocycles. The van der Waals surface area contributed by atoms with Crippen LogP contribution in [0.15, 0.2) is 0 Å². The van der Waals surface area contributed by atoms with Crippen molar-refractivity contribution < 1.29 is 9.53 Å². The zero-order valence-electron chi connectivity index (χ0n) is 8.14. The maximum absolute atomic E-state index is 11.1. The fourth-order valence-corrected chi connectivity index (χ4v) is 1.61. The molecule has 0 radical (unpaired) electrons. The lowest BCUT2D eigenvalue weighted by molar-refractivity contribution is -0.146. The van der Waals surface area contributed by atoms with Gasteiger partial charge in [-0.2, -0.15) is 0 Å². The molecule has 6 heteroatoms. The third-order valence-electron chi connectivity index (χ3n) is 2.49. The van der Waals surface area contributed by atoms with Crippen molar-refractivity contribution >= 4 is 30.8 Å². The van der Waals surface area contributed by atoms with Gasteiger partial charge in [-0.1, -0.05) is 0 Å². The van der Waals surface area contributed by atoms with Crippen molar-refractivity contribution in [2.75, 3.05) is 7.11 Å². The number of carbonyl (C=O) groups excluding carboxylic acids is 1. The van der Waals surface area contributed by atoms with Gasteiger partial charge in [0.15, 0.2) is 0 Å². The molecular formula is C8H18Cl2N2O2. The van der Waals surface area contributed by atoms with E-state index in [1.165, 1.54) is 7.11 Å². The van der Waals surface area contributed by atoms with Crippen LogP contribution in [0.3, 0.4) is 0 Å². The highest BCUT2D eigenvalue weighted by Crippen LogP contribution is 2.23. The second-order valence-electron chi connectivity index (χ2n) is 3.36. The van der Waals surface area contributed by atoms with Crippen LogP contribution in [0.2, 0.25) is 0 Å². The molecule has 0 spiro atoms. The minimum atomic E-state index is -0.155. The van der Waals surface area contributed by atoms with E-state index in [1.54, 1.807) is 0 Å². The summed E-state index contributed by atoms with van der Waals surface area (Å²) in [4.78, 5) is 11.1. The molecule has 0 aromatic rings. The van der Waals surface area contributed by atoms with E-state index in [9.17, 15) is 4.79 Å². The smallest absolute Gasteiger partial charge is 0.308 e. The number of nitrogens with two attached hydrogens (primary N) is 2. The summed E-state index contributed by atoms with van der Waals surface area (Å²) in [6, 6.07) is -0.00578. The first-order chi connectivity index (χ1) is 5.65. The molecule has 1 aliphatic carbocycles. The van der Waals surface area contributed by atoms with Gasteiger partial charge in [0, 0.05) is 12.1 Å². The Balaban J connectivity index is 0. The Morgan fingerprint density at radius 2 is 1.79 bits per heavy atom. The lowest BCUT2D eigenvalue weighted by atomic mass is 9.83. The molecule has 14 heavy (non-hydrogen) atoms. The molecule has 0 aromatic carbocycles. The van der Waals surface area contributed by atoms with Crippen molar-refractivity contribution in [1.82, 2.24) is 0 Å². The number of hydrogen-bond donors (Lipinski definition) is 2. The predicted molar refractivity (Wildman–Crippen MR) is 59.8 cm³/mol. The first-order valence-electron chi connectivity index (χ1n) is 4.24. The van der Waals surface area contributed by atoms with Crippen molar-refractivity contribution in [2.24, 2.45) is 17.4 Å². The molecule has 1 aliphatic rings. The summed E-state index contributed by atoms with van der Waals surface area (Å²) in [5.41, 5.74) is 11.4. The fraction of sp³-hybridized carbons (Fsp3) is 0.875. The van der Waals surface area contributed by atoms with Crippen LogP contribution < -0.4 is 11.5 Å². The molecule has 86 valence electrons. The van der Waals surface area contributed by atoms with E-state index in [0.29, 0.717) is 6.42 Å². The second kappa shape index (κ2) is 7.29. The Morgan fingerprint density at radius 1 is 1.21 bits per heavy atom. The van der Waals surface area contributed by atoms with Crippen molar-refractivity contribution in [3.63, 3.8) is 0 Å². The second-order valence-corrected chi connectivity index (χ2v) is 3.36. The zero-order chi connectivity index (χ0) is 9.14. The summed E-state index contributed by atoms with van der Waals surface area (Å²) in [5.74, 6) is -0.192. The molecule has 0 aliphatic heterocycles. The Bertz CT molecular complexity index is 181. The van der Waals surface area contributed by atoms with Gasteiger partial charge in [0.05, 0.1) is 13.0 Å². The lowest BCUT2D eigenvalue weighted by Crippen LogP contribution is -2.47. The predicted octanol–water partition coefficient (Wildman–Crippen LogP) is 0.458. The van der Waals surface area contributed by atoms with Crippen LogP contribution in [0.1, 0.15) is 19.3 Å². The fourth-order valence-electron chi connectivity index (χ4n) is 1.61. The lowest BCUT2D eigenvalue weighted by Gasteiger charge is -2.29. The minimum absolute atomic E-state index is 0. The van der Waals surface area contributed by atoms with Crippen LogP contribution in [-0.2, 0) is 9.53 Å². The van der Waals surface area contributed by atoms with Gasteiger partial charge in [-0.15, -0.1) is 24.8 Å². The average molecular weight is 245 g/mol. The SMILES string of the molecule is COC(=O)[C@H]1CC[C@H](N)[C@H](N)C1.Cl.Cl. The first-order valence-corrected chi connectivity index (χ1v) is 4.24. The Hall–Kier alpha value is -0.0300. The van der Waals surface area contributed by atoms with Gasteiger partial charge in [-0.3, -0.25) is 4.79 Å². The van der Waals surface area contributed by atoms with Gasteiger partial charge in [0.1, 0.15) is 0 Å². The van der Waals surface area contributed by atoms with Gasteiger partial charge in [0.25, 0.3) is 0 Å². The Kier molecular flexibility index (Phi) is 8.54. The van der Waals surface area contributed by atoms with Crippen molar-refractivity contribution in [1.29, 1.82) is 0 Å². The maximum atomic E-state index is 11.1. The van der Waals surface area contributed by atoms with Gasteiger partial charge in [-0.05, 0) is 19.3 Å². The minimum Gasteiger partial charge on any atom is -0.469 e. The molecule has 4 N–H and O–H groups in total. The van der Waals surface area contributed by atoms with Crippen LogP contribution in [0, 0.1) is 5.92 Å². The van der Waals surface area contributed by atoms with E-state index >= 15 is 0 Å². The first kappa shape index (κ1) is 16.4. The Labute approximate surface area is 96.5 Å². The molecule has 0 amide bonds. The quantitative estimate of drug-likeness (QED) is 0.658. The van der Waals surface area contributed by atoms with Gasteiger partial charge >= 0.3 is 5.97 Å². The summed E-state index contributed by atoms with van der Waals surface area (Å²) in [6.07, 6.45) is 2.29. The summed E-state index contributed by atoms with van der Waals surface area (Å²) in [6.45, 7) is 0. The summed E-state index contributed by atoms with van der Waals surface area (Å²) in [5, 5.41) is 0. The van der Waals surface area contributed by atoms with Crippen LogP contribution in [0.4, 0.5) is 0 Å². The molecule has 0 unspecified atom stereocenters. The van der Waals surface area contributed by atoms with E-state index in [4.69, 9.17) is 11.5 Å². The number of esters is 1. The topological polar surface area (TPSA) is 78.3 Å². The Morgan fingerprint density at radius 3 is 2.21 bits per heavy atom. The van der Waals surface area contributed by atoms with Crippen molar-refractivity contribution in [2.45, 2.75) is 31.3 Å². The highest BCUT2D eigenvalue weighted by atomic mass is 35.5. The molecule has 1 saturated carbocycles. The highest BCUT2D eigenvalue weighted by molar-refractivity contribution is 5.85. The van der Waals surface area contributed by atoms with E-state index in [0.717, 1.165) is 12.8 Å². The molecule has 1 rings (SSSR count). The van der Waals surface area contributed by atoms with Crippen LogP contribution >= 0.6 is 24.8 Å². The zero-order valence-corrected chi connectivity index (χ0v) is 9.77. The van der Waals surface area contributed by atoms with Crippen LogP contribution in [0.25, 0.3) is 0 Å². The summed E-state index contributed by atoms with van der Waals surface area (Å²) >= 11 is 0. The molecule has 3 atom stereocenters. The monoisotopic (exact) mass is 244 g/mol. The molecule has 4 nitrogen and oxygen atoms in total.